The Kier molecular flexibility index (Phi) is 3.71. The summed E-state index contributed by atoms with van der Waals surface area (Å²) >= 11 is -1.81. The van der Waals surface area contributed by atoms with Crippen molar-refractivity contribution in [2.45, 2.75) is 3.63 Å². The Morgan fingerprint density at radius 2 is 1.39 bits per heavy atom. The normalized spacial score (nSPS) is 19.0. The van der Waals surface area contributed by atoms with Crippen LogP contribution >= 0.6 is 0 Å². The number of hydrogen-bond donors (Lipinski definition) is 0. The van der Waals surface area contributed by atoms with Gasteiger partial charge in [-0.2, -0.15) is 0 Å². The van der Waals surface area contributed by atoms with E-state index in [9.17, 15) is 0 Å². The van der Waals surface area contributed by atoms with Gasteiger partial charge in [0.15, 0.2) is 0 Å². The van der Waals surface area contributed by atoms with Crippen LogP contribution in [0.2, 0.25) is 0 Å². The molecule has 0 spiro atoms. The number of hydrogen-bond acceptors (Lipinski definition) is 0. The van der Waals surface area contributed by atoms with E-state index in [4.69, 9.17) is 0 Å². The van der Waals surface area contributed by atoms with Crippen molar-refractivity contribution in [2.24, 2.45) is 0 Å². The van der Waals surface area contributed by atoms with Crippen molar-refractivity contribution in [3.8, 4) is 0 Å². The monoisotopic (exact) mass is 428 g/mol. The van der Waals surface area contributed by atoms with E-state index in [2.05, 4.69) is 82.7 Å². The molecule has 2 aromatic rings. The first-order chi connectivity index (χ1) is 8.95. The van der Waals surface area contributed by atoms with Crippen molar-refractivity contribution in [1.29, 1.82) is 0 Å². The Bertz CT molecular complexity index is 501. The van der Waals surface area contributed by atoms with E-state index >= 15 is 0 Å². The molecule has 0 saturated heterocycles. The number of benzene rings is 2. The maximum atomic E-state index is 2.50. The Morgan fingerprint density at radius 1 is 0.722 bits per heavy atom. The molecule has 3 rings (SSSR count). The van der Waals surface area contributed by atoms with Crippen LogP contribution in [0.3, 0.4) is 0 Å². The molecule has 0 radical (unpaired) electrons. The summed E-state index contributed by atoms with van der Waals surface area (Å²) in [6.45, 7) is 0. The summed E-state index contributed by atoms with van der Waals surface area (Å²) in [5, 5.41) is 0. The summed E-state index contributed by atoms with van der Waals surface area (Å²) in [5.41, 5.74) is 1.47. The van der Waals surface area contributed by atoms with Gasteiger partial charge in [0, 0.05) is 0 Å². The first-order valence-electron chi connectivity index (χ1n) is 6.18. The molecule has 88 valence electrons. The summed E-state index contributed by atoms with van der Waals surface area (Å²) in [5.74, 6) is 0. The van der Waals surface area contributed by atoms with E-state index < -0.39 is 21.8 Å². The minimum absolute atomic E-state index is 0.647. The van der Waals surface area contributed by atoms with Crippen LogP contribution in [-0.2, 0) is 0 Å². The molecule has 0 saturated carbocycles. The summed E-state index contributed by atoms with van der Waals surface area (Å²) in [4.78, 5) is 0. The van der Waals surface area contributed by atoms with Crippen molar-refractivity contribution in [3.05, 3.63) is 88.2 Å². The molecule has 0 fully saturated rings. The summed E-state index contributed by atoms with van der Waals surface area (Å²) in [7, 11) is 0. The molecule has 18 heavy (non-hydrogen) atoms. The molecule has 0 aromatic heterocycles. The van der Waals surface area contributed by atoms with Crippen molar-refractivity contribution in [3.63, 3.8) is 0 Å². The first kappa shape index (κ1) is 11.9. The van der Waals surface area contributed by atoms with Gasteiger partial charge in [0.05, 0.1) is 0 Å². The van der Waals surface area contributed by atoms with Crippen LogP contribution in [0.15, 0.2) is 82.7 Å². The molecule has 0 N–H and O–H groups in total. The summed E-state index contributed by atoms with van der Waals surface area (Å²) < 4.78 is 4.73. The standard InChI is InChI=1S/C11H10.C6H5.Bi/c1-2-3-5-8-11-9-6-4-7-10-11;1-2-4-6-5-3-1;/h1-10H;1-5H;. The van der Waals surface area contributed by atoms with Crippen molar-refractivity contribution in [1.82, 2.24) is 0 Å². The zero-order valence-corrected chi connectivity index (χ0v) is 13.6. The Labute approximate surface area is 116 Å². The first-order valence-corrected chi connectivity index (χ1v) is 11.9. The van der Waals surface area contributed by atoms with Gasteiger partial charge in [0.25, 0.3) is 0 Å². The van der Waals surface area contributed by atoms with Crippen molar-refractivity contribution in [2.75, 3.05) is 0 Å². The Hall–Kier alpha value is -1.20. The second kappa shape index (κ2) is 5.63. The van der Waals surface area contributed by atoms with Crippen LogP contribution in [0.5, 0.6) is 0 Å². The topological polar surface area (TPSA) is 0 Å². The minimum atomic E-state index is -1.81. The molecule has 1 heteroatoms. The van der Waals surface area contributed by atoms with E-state index in [-0.39, 0.29) is 0 Å². The van der Waals surface area contributed by atoms with Gasteiger partial charge in [0.2, 0.25) is 0 Å². The SMILES string of the molecule is C1=C[CH](c2ccccc2)[Bi]([c]2ccccc2)[CH]=C1. The second-order valence-electron chi connectivity index (χ2n) is 4.32. The van der Waals surface area contributed by atoms with Crippen LogP contribution < -0.4 is 3.27 Å². The van der Waals surface area contributed by atoms with Gasteiger partial charge in [-0.1, -0.05) is 0 Å². The van der Waals surface area contributed by atoms with Crippen LogP contribution in [-0.4, -0.2) is 21.8 Å². The van der Waals surface area contributed by atoms with Gasteiger partial charge in [-0.3, -0.25) is 0 Å². The molecule has 1 unspecified atom stereocenters. The van der Waals surface area contributed by atoms with Crippen LogP contribution in [0.4, 0.5) is 0 Å². The van der Waals surface area contributed by atoms with Gasteiger partial charge in [-0.25, -0.2) is 0 Å². The fourth-order valence-corrected chi connectivity index (χ4v) is 11.0. The van der Waals surface area contributed by atoms with E-state index in [0.717, 1.165) is 0 Å². The van der Waals surface area contributed by atoms with Gasteiger partial charge in [-0.05, 0) is 0 Å². The van der Waals surface area contributed by atoms with Gasteiger partial charge in [0.1, 0.15) is 0 Å². The predicted octanol–water partition coefficient (Wildman–Crippen LogP) is 3.38. The summed E-state index contributed by atoms with van der Waals surface area (Å²) in [6, 6.07) is 22.0. The van der Waals surface area contributed by atoms with Crippen LogP contribution in [0.1, 0.15) is 9.19 Å². The van der Waals surface area contributed by atoms with Gasteiger partial charge in [-0.15, -0.1) is 0 Å². The molecule has 1 heterocycles. The summed E-state index contributed by atoms with van der Waals surface area (Å²) in [6.07, 6.45) is 6.83. The van der Waals surface area contributed by atoms with E-state index in [1.165, 1.54) is 5.56 Å². The fraction of sp³-hybridized carbons (Fsp3) is 0.0588. The molecule has 1 aliphatic rings. The average molecular weight is 428 g/mol. The Morgan fingerprint density at radius 3 is 2.11 bits per heavy atom. The van der Waals surface area contributed by atoms with Crippen LogP contribution in [0, 0.1) is 0 Å². The van der Waals surface area contributed by atoms with Gasteiger partial charge < -0.3 is 0 Å². The molecule has 1 aliphatic heterocycles. The van der Waals surface area contributed by atoms with Gasteiger partial charge >= 0.3 is 117 Å². The molecule has 1 atom stereocenters. The molecule has 0 aliphatic carbocycles. The number of allylic oxidation sites excluding steroid dienone is 3. The number of rotatable bonds is 2. The molecule has 2 aromatic carbocycles. The molecule has 0 nitrogen and oxygen atoms in total. The third kappa shape index (κ3) is 2.47. The predicted molar refractivity (Wildman–Crippen MR) is 79.3 cm³/mol. The second-order valence-corrected chi connectivity index (χ2v) is 12.8. The quantitative estimate of drug-likeness (QED) is 0.644. The van der Waals surface area contributed by atoms with Crippen LogP contribution in [0.25, 0.3) is 0 Å². The third-order valence-corrected chi connectivity index (χ3v) is 12.7. The van der Waals surface area contributed by atoms with Crippen molar-refractivity contribution < 1.29 is 0 Å². The van der Waals surface area contributed by atoms with E-state index in [1.807, 2.05) is 0 Å². The average Bonchev–Trinajstić information content (AvgIpc) is 2.49. The molecule has 0 amide bonds. The fourth-order valence-electron chi connectivity index (χ4n) is 2.27. The van der Waals surface area contributed by atoms with E-state index in [1.54, 1.807) is 3.27 Å². The third-order valence-electron chi connectivity index (χ3n) is 3.15. The maximum absolute atomic E-state index is 2.50. The van der Waals surface area contributed by atoms with Crippen molar-refractivity contribution >= 4 is 25.0 Å². The zero-order chi connectivity index (χ0) is 12.2. The molecular weight excluding hydrogens is 413 g/mol. The zero-order valence-electron chi connectivity index (χ0n) is 10.1. The Balaban J connectivity index is 1.98. The molecule has 0 bridgehead atoms. The molecular formula is C17H15Bi. The van der Waals surface area contributed by atoms with E-state index in [0.29, 0.717) is 3.63 Å².